The summed E-state index contributed by atoms with van der Waals surface area (Å²) in [5.74, 6) is 2.46. The molecule has 196 valence electrons. The van der Waals surface area contributed by atoms with Gasteiger partial charge in [0.15, 0.2) is 5.82 Å². The number of carbonyl (C=O) groups excluding carboxylic acids is 1. The average molecular weight is 515 g/mol. The van der Waals surface area contributed by atoms with Crippen molar-refractivity contribution in [3.05, 3.63) is 18.3 Å². The number of morpholine rings is 1. The summed E-state index contributed by atoms with van der Waals surface area (Å²) in [6.07, 6.45) is 8.09. The first-order valence-electron chi connectivity index (χ1n) is 13.3. The van der Waals surface area contributed by atoms with E-state index >= 15 is 0 Å². The molecular weight excluding hydrogens is 476 g/mol. The Morgan fingerprint density at radius 1 is 1.11 bits per heavy atom. The Bertz CT molecular complexity index is 981. The highest BCUT2D eigenvalue weighted by Crippen LogP contribution is 2.33. The predicted octanol–water partition coefficient (Wildman–Crippen LogP) is 3.26. The van der Waals surface area contributed by atoms with E-state index in [1.54, 1.807) is 6.20 Å². The summed E-state index contributed by atoms with van der Waals surface area (Å²) < 4.78 is 5.95. The van der Waals surface area contributed by atoms with Gasteiger partial charge in [-0.15, -0.1) is 15.3 Å². The minimum atomic E-state index is -0.0716. The van der Waals surface area contributed by atoms with Gasteiger partial charge in [0.05, 0.1) is 19.1 Å². The molecule has 1 saturated carbocycles. The molecule has 10 nitrogen and oxygen atoms in total. The summed E-state index contributed by atoms with van der Waals surface area (Å²) in [4.78, 5) is 17.5. The maximum absolute atomic E-state index is 12.7. The van der Waals surface area contributed by atoms with Crippen molar-refractivity contribution in [1.29, 1.82) is 0 Å². The number of nitrogens with zero attached hydrogens (tertiary/aromatic N) is 6. The molecule has 3 aliphatic rings. The van der Waals surface area contributed by atoms with Gasteiger partial charge in [-0.05, 0) is 56.1 Å². The second-order valence-electron chi connectivity index (χ2n) is 10.6. The Labute approximate surface area is 217 Å². The molecule has 5 rings (SSSR count). The van der Waals surface area contributed by atoms with E-state index in [0.29, 0.717) is 29.3 Å². The van der Waals surface area contributed by atoms with Gasteiger partial charge in [0.2, 0.25) is 16.2 Å². The van der Waals surface area contributed by atoms with Crippen LogP contribution in [0.2, 0.25) is 0 Å². The quantitative estimate of drug-likeness (QED) is 0.549. The molecule has 2 saturated heterocycles. The SMILES string of the molecule is CC(C)C1CCC(N2CCO[C@@H](CC(=O)Nc3nnc(N[C@@H]4CCN(c5cccnn5)C4)s3)C2)CC1. The number of hydrogen-bond acceptors (Lipinski definition) is 10. The van der Waals surface area contributed by atoms with E-state index in [1.807, 2.05) is 12.1 Å². The zero-order chi connectivity index (χ0) is 24.9. The Balaban J connectivity index is 1.05. The highest BCUT2D eigenvalue weighted by atomic mass is 32.1. The van der Waals surface area contributed by atoms with Gasteiger partial charge < -0.3 is 20.3 Å². The molecule has 2 aliphatic heterocycles. The summed E-state index contributed by atoms with van der Waals surface area (Å²) >= 11 is 1.37. The van der Waals surface area contributed by atoms with Gasteiger partial charge in [-0.3, -0.25) is 9.69 Å². The zero-order valence-corrected chi connectivity index (χ0v) is 22.1. The van der Waals surface area contributed by atoms with Gasteiger partial charge in [0, 0.05) is 44.5 Å². The second-order valence-corrected chi connectivity index (χ2v) is 11.6. The molecule has 36 heavy (non-hydrogen) atoms. The minimum absolute atomic E-state index is 0.0669. The third-order valence-electron chi connectivity index (χ3n) is 7.85. The van der Waals surface area contributed by atoms with E-state index in [-0.39, 0.29) is 18.1 Å². The summed E-state index contributed by atoms with van der Waals surface area (Å²) in [6, 6.07) is 4.75. The fraction of sp³-hybridized carbons (Fsp3) is 0.720. The molecule has 2 aromatic rings. The second kappa shape index (κ2) is 11.8. The lowest BCUT2D eigenvalue weighted by Crippen LogP contribution is -2.49. The van der Waals surface area contributed by atoms with Crippen molar-refractivity contribution in [2.45, 2.75) is 70.6 Å². The van der Waals surface area contributed by atoms with Crippen LogP contribution in [-0.4, -0.2) is 82.2 Å². The van der Waals surface area contributed by atoms with Gasteiger partial charge in [0.25, 0.3) is 0 Å². The number of nitrogens with one attached hydrogen (secondary N) is 2. The Morgan fingerprint density at radius 3 is 2.72 bits per heavy atom. The highest BCUT2D eigenvalue weighted by molar-refractivity contribution is 7.19. The van der Waals surface area contributed by atoms with Crippen molar-refractivity contribution in [2.75, 3.05) is 48.3 Å². The first kappa shape index (κ1) is 25.3. The van der Waals surface area contributed by atoms with Crippen LogP contribution >= 0.6 is 11.3 Å². The molecule has 4 heterocycles. The van der Waals surface area contributed by atoms with Crippen LogP contribution < -0.4 is 15.5 Å². The smallest absolute Gasteiger partial charge is 0.228 e. The first-order chi connectivity index (χ1) is 17.5. The number of ether oxygens (including phenoxy) is 1. The minimum Gasteiger partial charge on any atom is -0.375 e. The van der Waals surface area contributed by atoms with Crippen molar-refractivity contribution in [3.8, 4) is 0 Å². The fourth-order valence-corrected chi connectivity index (χ4v) is 6.50. The van der Waals surface area contributed by atoms with Crippen molar-refractivity contribution < 1.29 is 9.53 Å². The van der Waals surface area contributed by atoms with Crippen molar-refractivity contribution in [3.63, 3.8) is 0 Å². The largest absolute Gasteiger partial charge is 0.375 e. The van der Waals surface area contributed by atoms with Crippen LogP contribution in [0.15, 0.2) is 18.3 Å². The van der Waals surface area contributed by atoms with Gasteiger partial charge >= 0.3 is 0 Å². The number of hydrogen-bond donors (Lipinski definition) is 2. The number of aromatic nitrogens is 4. The lowest BCUT2D eigenvalue weighted by Gasteiger charge is -2.41. The number of rotatable bonds is 8. The number of carbonyl (C=O) groups is 1. The van der Waals surface area contributed by atoms with Crippen molar-refractivity contribution >= 4 is 33.3 Å². The van der Waals surface area contributed by atoms with E-state index < -0.39 is 0 Å². The monoisotopic (exact) mass is 514 g/mol. The molecular formula is C25H38N8O2S. The van der Waals surface area contributed by atoms with Crippen LogP contribution in [0.25, 0.3) is 0 Å². The van der Waals surface area contributed by atoms with E-state index in [0.717, 1.165) is 50.3 Å². The topological polar surface area (TPSA) is 108 Å². The van der Waals surface area contributed by atoms with Crippen LogP contribution in [0, 0.1) is 11.8 Å². The van der Waals surface area contributed by atoms with Gasteiger partial charge in [0.1, 0.15) is 0 Å². The Hall–Kier alpha value is -2.37. The first-order valence-corrected chi connectivity index (χ1v) is 14.1. The third kappa shape index (κ3) is 6.49. The standard InChI is InChI=1S/C25H38N8O2S/c1-17(2)18-5-7-20(8-6-18)32-12-13-35-21(16-32)14-23(34)28-25-31-30-24(36-25)27-19-9-11-33(15-19)22-4-3-10-26-29-22/h3-4,10,17-21H,5-9,11-16H2,1-2H3,(H,27,30)(H,28,31,34)/t18?,19-,20?,21+/m1/s1. The lowest BCUT2D eigenvalue weighted by molar-refractivity contribution is -0.122. The molecule has 1 aliphatic carbocycles. The molecule has 1 amide bonds. The van der Waals surface area contributed by atoms with Crippen molar-refractivity contribution in [2.24, 2.45) is 11.8 Å². The van der Waals surface area contributed by atoms with Crippen molar-refractivity contribution in [1.82, 2.24) is 25.3 Å². The third-order valence-corrected chi connectivity index (χ3v) is 8.62. The summed E-state index contributed by atoms with van der Waals surface area (Å²) in [5, 5.41) is 24.1. The lowest BCUT2D eigenvalue weighted by atomic mass is 9.79. The van der Waals surface area contributed by atoms with E-state index in [4.69, 9.17) is 4.74 Å². The van der Waals surface area contributed by atoms with Crippen LogP contribution in [0.1, 0.15) is 52.4 Å². The molecule has 2 aromatic heterocycles. The molecule has 11 heteroatoms. The summed E-state index contributed by atoms with van der Waals surface area (Å²) in [6.45, 7) is 8.92. The van der Waals surface area contributed by atoms with Crippen LogP contribution in [-0.2, 0) is 9.53 Å². The van der Waals surface area contributed by atoms with E-state index in [2.05, 4.69) is 54.7 Å². The van der Waals surface area contributed by atoms with E-state index in [1.165, 1.54) is 37.0 Å². The van der Waals surface area contributed by atoms with Gasteiger partial charge in [-0.1, -0.05) is 25.2 Å². The molecule has 3 fully saturated rings. The molecule has 0 spiro atoms. The number of amides is 1. The molecule has 2 N–H and O–H groups in total. The molecule has 0 radical (unpaired) electrons. The zero-order valence-electron chi connectivity index (χ0n) is 21.3. The Kier molecular flexibility index (Phi) is 8.28. The molecule has 0 aromatic carbocycles. The summed E-state index contributed by atoms with van der Waals surface area (Å²) in [7, 11) is 0. The van der Waals surface area contributed by atoms with Crippen LogP contribution in [0.5, 0.6) is 0 Å². The summed E-state index contributed by atoms with van der Waals surface area (Å²) in [5.41, 5.74) is 0. The van der Waals surface area contributed by atoms with Gasteiger partial charge in [-0.25, -0.2) is 0 Å². The molecule has 0 bridgehead atoms. The Morgan fingerprint density at radius 2 is 1.94 bits per heavy atom. The maximum Gasteiger partial charge on any atom is 0.228 e. The maximum atomic E-state index is 12.7. The van der Waals surface area contributed by atoms with E-state index in [9.17, 15) is 4.79 Å². The molecule has 2 atom stereocenters. The van der Waals surface area contributed by atoms with Gasteiger partial charge in [-0.2, -0.15) is 5.10 Å². The normalized spacial score (nSPS) is 27.4. The number of anilines is 3. The van der Waals surface area contributed by atoms with Crippen LogP contribution in [0.4, 0.5) is 16.1 Å². The average Bonchev–Trinajstić information content (AvgIpc) is 3.54. The highest BCUT2D eigenvalue weighted by Gasteiger charge is 2.31. The predicted molar refractivity (Wildman–Crippen MR) is 141 cm³/mol. The fourth-order valence-electron chi connectivity index (χ4n) is 5.76. The molecule has 0 unspecified atom stereocenters. The van der Waals surface area contributed by atoms with Crippen LogP contribution in [0.3, 0.4) is 0 Å².